The van der Waals surface area contributed by atoms with Gasteiger partial charge in [0.05, 0.1) is 20.9 Å². The van der Waals surface area contributed by atoms with Gasteiger partial charge in [0, 0.05) is 30.9 Å². The van der Waals surface area contributed by atoms with Gasteiger partial charge < -0.3 is 14.0 Å². The maximum atomic E-state index is 12.6. The number of sulfone groups is 1. The van der Waals surface area contributed by atoms with Gasteiger partial charge >= 0.3 is 0 Å². The van der Waals surface area contributed by atoms with Crippen LogP contribution in [0.15, 0.2) is 46.3 Å². The van der Waals surface area contributed by atoms with Crippen LogP contribution in [0.2, 0.25) is 0 Å². The molecule has 2 aromatic carbocycles. The van der Waals surface area contributed by atoms with Crippen molar-refractivity contribution in [1.82, 2.24) is 4.57 Å². The molecule has 170 valence electrons. The molecule has 0 N–H and O–H groups in total. The maximum Gasteiger partial charge on any atom is 0.248 e. The van der Waals surface area contributed by atoms with E-state index in [-0.39, 0.29) is 36.2 Å². The van der Waals surface area contributed by atoms with Gasteiger partial charge in [-0.2, -0.15) is 16.8 Å². The predicted molar refractivity (Wildman–Crippen MR) is 127 cm³/mol. The molecule has 0 radical (unpaired) electrons. The molecule has 0 unspecified atom stereocenters. The second-order valence-electron chi connectivity index (χ2n) is 7.44. The molecule has 0 aliphatic carbocycles. The number of hydrogen-bond donors (Lipinski definition) is 0. The maximum absolute atomic E-state index is 12.6. The molecule has 4 rings (SSSR count). The predicted octanol–water partition coefficient (Wildman–Crippen LogP) is 3.78. The summed E-state index contributed by atoms with van der Waals surface area (Å²) >= 11 is 3.13. The fraction of sp³-hybridized carbons (Fsp3) is 0.364. The van der Waals surface area contributed by atoms with Crippen molar-refractivity contribution in [3.8, 4) is 11.5 Å². The highest BCUT2D eigenvalue weighted by molar-refractivity contribution is 7.98. The van der Waals surface area contributed by atoms with Crippen LogP contribution in [0.3, 0.4) is 0 Å². The highest BCUT2D eigenvalue weighted by atomic mass is 32.2. The molecule has 1 aliphatic rings. The average molecular weight is 493 g/mol. The third kappa shape index (κ3) is 5.02. The van der Waals surface area contributed by atoms with E-state index in [2.05, 4.69) is 4.99 Å². The number of thiazole rings is 1. The Kier molecular flexibility index (Phi) is 6.92. The topological polar surface area (TPSA) is 87.0 Å². The Balaban J connectivity index is 1.51. The number of hydrogen-bond acceptors (Lipinski definition) is 7. The number of thioether (sulfide) groups is 1. The molecule has 2 heterocycles. The number of rotatable bonds is 8. The smallest absolute Gasteiger partial charge is 0.248 e. The number of carbonyl (C=O) groups excluding carboxylic acids is 1. The summed E-state index contributed by atoms with van der Waals surface area (Å²) in [4.78, 5) is 17.8. The van der Waals surface area contributed by atoms with Gasteiger partial charge in [-0.25, -0.2) is 8.42 Å². The third-order valence-electron chi connectivity index (χ3n) is 5.10. The van der Waals surface area contributed by atoms with Crippen molar-refractivity contribution in [3.63, 3.8) is 0 Å². The summed E-state index contributed by atoms with van der Waals surface area (Å²) in [6, 6.07) is 10.6. The second-order valence-corrected chi connectivity index (χ2v) is 11.5. The Bertz CT molecular complexity index is 1310. The van der Waals surface area contributed by atoms with Crippen LogP contribution < -0.4 is 14.3 Å². The Morgan fingerprint density at radius 2 is 1.91 bits per heavy atom. The van der Waals surface area contributed by atoms with Crippen LogP contribution in [0.5, 0.6) is 11.5 Å². The van der Waals surface area contributed by atoms with Crippen molar-refractivity contribution >= 4 is 49.1 Å². The number of fused-ring (bicyclic) bond motifs is 2. The Labute approximate surface area is 195 Å². The number of nitrogens with zero attached hydrogens (tertiary/aromatic N) is 2. The Morgan fingerprint density at radius 3 is 2.62 bits per heavy atom. The van der Waals surface area contributed by atoms with Crippen LogP contribution in [0.4, 0.5) is 0 Å². The van der Waals surface area contributed by atoms with Crippen molar-refractivity contribution in [3.05, 3.63) is 46.8 Å². The molecule has 10 heteroatoms. The normalized spacial score (nSPS) is 13.8. The average Bonchev–Trinajstić information content (AvgIpc) is 3.34. The number of amides is 1. The minimum Gasteiger partial charge on any atom is -0.454 e. The lowest BCUT2D eigenvalue weighted by molar-refractivity contribution is -0.118. The van der Waals surface area contributed by atoms with Gasteiger partial charge in [0.15, 0.2) is 26.1 Å². The first-order valence-corrected chi connectivity index (χ1v) is 14.0. The number of ether oxygens (including phenoxy) is 2. The van der Waals surface area contributed by atoms with Gasteiger partial charge in [-0.1, -0.05) is 29.0 Å². The molecule has 3 aromatic rings. The van der Waals surface area contributed by atoms with Crippen LogP contribution in [0.1, 0.15) is 18.4 Å². The standard InChI is InChI=1S/C22H24N2O5S3/c1-15-5-7-16(8-6-15)32(26,27)11-3-4-21(25)23-22-24(9-10-30-2)17-12-18-19(29-14-28-18)13-20(17)31-22/h5-8,12-13H,3-4,9-11,14H2,1-2H3. The largest absolute Gasteiger partial charge is 0.454 e. The molecule has 0 saturated carbocycles. The minimum absolute atomic E-state index is 0.0740. The number of aromatic nitrogens is 1. The summed E-state index contributed by atoms with van der Waals surface area (Å²) in [7, 11) is -3.42. The van der Waals surface area contributed by atoms with E-state index in [1.165, 1.54) is 11.3 Å². The SMILES string of the molecule is CSCCn1c(=NC(=O)CCCS(=O)(=O)c2ccc(C)cc2)sc2cc3c(cc21)OCO3. The van der Waals surface area contributed by atoms with Gasteiger partial charge in [0.25, 0.3) is 0 Å². The molecule has 0 atom stereocenters. The van der Waals surface area contributed by atoms with Gasteiger partial charge in [-0.15, -0.1) is 0 Å². The van der Waals surface area contributed by atoms with E-state index in [1.807, 2.05) is 29.9 Å². The molecule has 1 aromatic heterocycles. The zero-order chi connectivity index (χ0) is 22.7. The number of benzene rings is 2. The summed E-state index contributed by atoms with van der Waals surface area (Å²) in [5.74, 6) is 1.84. The van der Waals surface area contributed by atoms with Gasteiger partial charge in [0.1, 0.15) is 0 Å². The number of aryl methyl sites for hydroxylation is 2. The van der Waals surface area contributed by atoms with Crippen LogP contribution in [0.25, 0.3) is 10.2 Å². The summed E-state index contributed by atoms with van der Waals surface area (Å²) in [6.07, 6.45) is 2.33. The fourth-order valence-electron chi connectivity index (χ4n) is 3.38. The highest BCUT2D eigenvalue weighted by Gasteiger charge is 2.18. The summed E-state index contributed by atoms with van der Waals surface area (Å²) in [6.45, 7) is 2.82. The van der Waals surface area contributed by atoms with E-state index in [4.69, 9.17) is 9.47 Å². The molecule has 7 nitrogen and oxygen atoms in total. The number of carbonyl (C=O) groups is 1. The summed E-state index contributed by atoms with van der Waals surface area (Å²) in [5, 5.41) is 0. The third-order valence-corrected chi connectivity index (χ3v) is 8.55. The molecule has 0 fully saturated rings. The molecule has 0 spiro atoms. The van der Waals surface area contributed by atoms with E-state index in [1.54, 1.807) is 36.0 Å². The van der Waals surface area contributed by atoms with Gasteiger partial charge in [-0.05, 0) is 31.7 Å². The van der Waals surface area contributed by atoms with Crippen molar-refractivity contribution in [1.29, 1.82) is 0 Å². The first kappa shape index (κ1) is 22.9. The van der Waals surface area contributed by atoms with E-state index < -0.39 is 9.84 Å². The molecule has 1 aliphatic heterocycles. The molecular weight excluding hydrogens is 468 g/mol. The monoisotopic (exact) mass is 492 g/mol. The fourth-order valence-corrected chi connectivity index (χ4v) is 6.14. The first-order valence-electron chi connectivity index (χ1n) is 10.2. The van der Waals surface area contributed by atoms with E-state index in [9.17, 15) is 13.2 Å². The highest BCUT2D eigenvalue weighted by Crippen LogP contribution is 2.37. The summed E-state index contributed by atoms with van der Waals surface area (Å²) in [5.41, 5.74) is 1.95. The van der Waals surface area contributed by atoms with E-state index >= 15 is 0 Å². The molecular formula is C22H24N2O5S3. The second kappa shape index (κ2) is 9.68. The zero-order valence-electron chi connectivity index (χ0n) is 17.9. The van der Waals surface area contributed by atoms with E-state index in [0.717, 1.165) is 21.5 Å². The van der Waals surface area contributed by atoms with Crippen molar-refractivity contribution in [2.75, 3.05) is 24.6 Å². The van der Waals surface area contributed by atoms with Crippen LogP contribution in [-0.4, -0.2) is 43.4 Å². The lowest BCUT2D eigenvalue weighted by Crippen LogP contribution is -2.18. The van der Waals surface area contributed by atoms with Crippen molar-refractivity contribution < 1.29 is 22.7 Å². The first-order chi connectivity index (χ1) is 15.4. The van der Waals surface area contributed by atoms with Crippen molar-refractivity contribution in [2.45, 2.75) is 31.2 Å². The molecule has 0 bridgehead atoms. The molecule has 1 amide bonds. The van der Waals surface area contributed by atoms with Crippen LogP contribution >= 0.6 is 23.1 Å². The molecule has 32 heavy (non-hydrogen) atoms. The van der Waals surface area contributed by atoms with Gasteiger partial charge in [-0.3, -0.25) is 4.79 Å². The van der Waals surface area contributed by atoms with Crippen molar-refractivity contribution in [2.24, 2.45) is 4.99 Å². The quantitative estimate of drug-likeness (QED) is 0.476. The Hall–Kier alpha value is -2.30. The minimum atomic E-state index is -3.42. The zero-order valence-corrected chi connectivity index (χ0v) is 20.3. The molecule has 0 saturated heterocycles. The van der Waals surface area contributed by atoms with E-state index in [0.29, 0.717) is 22.8 Å². The lowest BCUT2D eigenvalue weighted by atomic mass is 10.2. The Morgan fingerprint density at radius 1 is 1.19 bits per heavy atom. The lowest BCUT2D eigenvalue weighted by Gasteiger charge is -2.05. The van der Waals surface area contributed by atoms with Crippen LogP contribution in [0, 0.1) is 6.92 Å². The van der Waals surface area contributed by atoms with Gasteiger partial charge in [0.2, 0.25) is 12.7 Å². The summed E-state index contributed by atoms with van der Waals surface area (Å²) < 4.78 is 38.9. The van der Waals surface area contributed by atoms with Crippen LogP contribution in [-0.2, 0) is 21.2 Å².